The number of benzene rings is 1. The molecular formula is C22H24FN3O3. The molecule has 0 saturated carbocycles. The Morgan fingerprint density at radius 2 is 1.76 bits per heavy atom. The Morgan fingerprint density at radius 1 is 1.03 bits per heavy atom. The third-order valence-corrected chi connectivity index (χ3v) is 5.43. The molecule has 2 aromatic heterocycles. The topological polar surface area (TPSA) is 48.2 Å². The highest BCUT2D eigenvalue weighted by molar-refractivity contribution is 5.41. The van der Waals surface area contributed by atoms with Crippen LogP contribution in [0.3, 0.4) is 0 Å². The van der Waals surface area contributed by atoms with Crippen molar-refractivity contribution >= 4 is 5.65 Å². The van der Waals surface area contributed by atoms with Crippen molar-refractivity contribution in [2.45, 2.75) is 31.8 Å². The summed E-state index contributed by atoms with van der Waals surface area (Å²) in [4.78, 5) is 7.04. The molecule has 2 fully saturated rings. The van der Waals surface area contributed by atoms with Crippen LogP contribution in [-0.4, -0.2) is 58.9 Å². The molecule has 1 aromatic carbocycles. The molecule has 7 heteroatoms. The van der Waals surface area contributed by atoms with Crippen molar-refractivity contribution in [1.29, 1.82) is 0 Å². The minimum Gasteiger partial charge on any atom is -0.486 e. The van der Waals surface area contributed by atoms with Crippen molar-refractivity contribution in [3.05, 3.63) is 65.9 Å². The molecule has 0 amide bonds. The van der Waals surface area contributed by atoms with Crippen molar-refractivity contribution in [1.82, 2.24) is 14.3 Å². The second kappa shape index (κ2) is 7.74. The van der Waals surface area contributed by atoms with Gasteiger partial charge in [0.1, 0.15) is 23.3 Å². The number of imidazole rings is 1. The first-order valence-corrected chi connectivity index (χ1v) is 9.94. The zero-order chi connectivity index (χ0) is 19.8. The SMILES string of the molecule is Cc1ccc2nc(CN3C[C@@H]4OCC(Oc5ccc(F)cc5)CO[C@H]4C3)cn2c1. The van der Waals surface area contributed by atoms with Gasteiger partial charge in [-0.15, -0.1) is 0 Å². The highest BCUT2D eigenvalue weighted by Crippen LogP contribution is 2.23. The highest BCUT2D eigenvalue weighted by atomic mass is 19.1. The van der Waals surface area contributed by atoms with Gasteiger partial charge in [-0.1, -0.05) is 6.07 Å². The molecule has 29 heavy (non-hydrogen) atoms. The lowest BCUT2D eigenvalue weighted by molar-refractivity contribution is -0.00461. The fraction of sp³-hybridized carbons (Fsp3) is 0.409. The monoisotopic (exact) mass is 397 g/mol. The summed E-state index contributed by atoms with van der Waals surface area (Å²) < 4.78 is 33.2. The number of aryl methyl sites for hydroxylation is 1. The summed E-state index contributed by atoms with van der Waals surface area (Å²) in [6.07, 6.45) is 4.03. The van der Waals surface area contributed by atoms with E-state index in [9.17, 15) is 4.39 Å². The first-order chi connectivity index (χ1) is 14.1. The number of hydrogen-bond donors (Lipinski definition) is 0. The van der Waals surface area contributed by atoms with E-state index in [1.165, 1.54) is 17.7 Å². The van der Waals surface area contributed by atoms with Crippen molar-refractivity contribution in [2.24, 2.45) is 0 Å². The van der Waals surface area contributed by atoms with E-state index < -0.39 is 0 Å². The molecule has 0 bridgehead atoms. The molecule has 2 aliphatic rings. The molecular weight excluding hydrogens is 373 g/mol. The maximum Gasteiger partial charge on any atom is 0.145 e. The standard InChI is InChI=1S/C22H24FN3O3/c1-15-2-7-22-24-17(10-26(22)8-15)9-25-11-20-21(12-25)28-14-19(13-27-20)29-18-5-3-16(23)4-6-18/h2-8,10,19-21H,9,11-14H2,1H3/t20-,21-/m0/s1. The van der Waals surface area contributed by atoms with Gasteiger partial charge in [0.05, 0.1) is 31.1 Å². The Kier molecular flexibility index (Phi) is 4.95. The smallest absolute Gasteiger partial charge is 0.145 e. The van der Waals surface area contributed by atoms with Crippen LogP contribution in [-0.2, 0) is 16.0 Å². The first-order valence-electron chi connectivity index (χ1n) is 9.94. The van der Waals surface area contributed by atoms with Crippen LogP contribution in [0.4, 0.5) is 4.39 Å². The molecule has 2 atom stereocenters. The van der Waals surface area contributed by atoms with E-state index in [1.54, 1.807) is 12.1 Å². The molecule has 2 aliphatic heterocycles. The van der Waals surface area contributed by atoms with E-state index in [1.807, 2.05) is 6.07 Å². The maximum atomic E-state index is 13.0. The second-order valence-corrected chi connectivity index (χ2v) is 7.84. The summed E-state index contributed by atoms with van der Waals surface area (Å²) in [7, 11) is 0. The van der Waals surface area contributed by atoms with Gasteiger partial charge in [0.2, 0.25) is 0 Å². The second-order valence-electron chi connectivity index (χ2n) is 7.84. The normalized spacial score (nSPS) is 23.2. The average molecular weight is 397 g/mol. The Bertz CT molecular complexity index is 975. The van der Waals surface area contributed by atoms with E-state index in [0.717, 1.165) is 31.0 Å². The lowest BCUT2D eigenvalue weighted by Crippen LogP contribution is -2.29. The van der Waals surface area contributed by atoms with Crippen molar-refractivity contribution < 1.29 is 18.6 Å². The molecule has 0 spiro atoms. The van der Waals surface area contributed by atoms with Gasteiger partial charge in [-0.3, -0.25) is 4.90 Å². The minimum atomic E-state index is -0.277. The van der Waals surface area contributed by atoms with Gasteiger partial charge in [0.15, 0.2) is 0 Å². The third kappa shape index (κ3) is 4.12. The Labute approximate surface area is 168 Å². The summed E-state index contributed by atoms with van der Waals surface area (Å²) in [5, 5.41) is 0. The van der Waals surface area contributed by atoms with Crippen LogP contribution >= 0.6 is 0 Å². The molecule has 5 rings (SSSR count). The van der Waals surface area contributed by atoms with Gasteiger partial charge in [-0.2, -0.15) is 0 Å². The average Bonchev–Trinajstić information content (AvgIpc) is 3.23. The van der Waals surface area contributed by atoms with Crippen LogP contribution in [0, 0.1) is 12.7 Å². The van der Waals surface area contributed by atoms with Crippen LogP contribution in [0.2, 0.25) is 0 Å². The maximum absolute atomic E-state index is 13.0. The molecule has 4 heterocycles. The lowest BCUT2D eigenvalue weighted by atomic mass is 10.3. The zero-order valence-electron chi connectivity index (χ0n) is 16.3. The quantitative estimate of drug-likeness (QED) is 0.678. The van der Waals surface area contributed by atoms with E-state index >= 15 is 0 Å². The molecule has 2 saturated heterocycles. The van der Waals surface area contributed by atoms with Crippen LogP contribution in [0.25, 0.3) is 5.65 Å². The van der Waals surface area contributed by atoms with Gasteiger partial charge >= 0.3 is 0 Å². The summed E-state index contributed by atoms with van der Waals surface area (Å²) in [6.45, 7) is 5.38. The summed E-state index contributed by atoms with van der Waals surface area (Å²) in [5.74, 6) is 0.348. The Morgan fingerprint density at radius 3 is 2.48 bits per heavy atom. The molecule has 3 aromatic rings. The van der Waals surface area contributed by atoms with Crippen molar-refractivity contribution in [3.63, 3.8) is 0 Å². The van der Waals surface area contributed by atoms with E-state index in [4.69, 9.17) is 19.2 Å². The van der Waals surface area contributed by atoms with E-state index in [2.05, 4.69) is 34.7 Å². The van der Waals surface area contributed by atoms with Crippen LogP contribution < -0.4 is 4.74 Å². The molecule has 0 N–H and O–H groups in total. The summed E-state index contributed by atoms with van der Waals surface area (Å²) in [5.41, 5.74) is 3.22. The molecule has 6 nitrogen and oxygen atoms in total. The predicted octanol–water partition coefficient (Wildman–Crippen LogP) is 2.83. The van der Waals surface area contributed by atoms with Gasteiger partial charge in [-0.25, -0.2) is 9.37 Å². The molecule has 0 unspecified atom stereocenters. The summed E-state index contributed by atoms with van der Waals surface area (Å²) in [6, 6.07) is 10.1. The van der Waals surface area contributed by atoms with Crippen molar-refractivity contribution in [3.8, 4) is 5.75 Å². The molecule has 152 valence electrons. The van der Waals surface area contributed by atoms with Crippen LogP contribution in [0.15, 0.2) is 48.8 Å². The number of hydrogen-bond acceptors (Lipinski definition) is 5. The Balaban J connectivity index is 1.17. The third-order valence-electron chi connectivity index (χ3n) is 5.43. The Hall–Kier alpha value is -2.48. The zero-order valence-corrected chi connectivity index (χ0v) is 16.3. The molecule has 0 radical (unpaired) electrons. The summed E-state index contributed by atoms with van der Waals surface area (Å²) >= 11 is 0. The number of aromatic nitrogens is 2. The number of pyridine rings is 1. The number of fused-ring (bicyclic) bond motifs is 2. The fourth-order valence-corrected chi connectivity index (χ4v) is 4.01. The van der Waals surface area contributed by atoms with Crippen LogP contribution in [0.1, 0.15) is 11.3 Å². The number of rotatable bonds is 4. The lowest BCUT2D eigenvalue weighted by Gasteiger charge is -2.19. The highest BCUT2D eigenvalue weighted by Gasteiger charge is 2.38. The van der Waals surface area contributed by atoms with Gasteiger partial charge < -0.3 is 18.6 Å². The van der Waals surface area contributed by atoms with Crippen molar-refractivity contribution in [2.75, 3.05) is 26.3 Å². The van der Waals surface area contributed by atoms with Gasteiger partial charge in [0, 0.05) is 32.0 Å². The van der Waals surface area contributed by atoms with E-state index in [-0.39, 0.29) is 24.1 Å². The van der Waals surface area contributed by atoms with Crippen LogP contribution in [0.5, 0.6) is 5.75 Å². The van der Waals surface area contributed by atoms with Gasteiger partial charge in [-0.05, 0) is 42.8 Å². The number of halogens is 1. The molecule has 0 aliphatic carbocycles. The fourth-order valence-electron chi connectivity index (χ4n) is 4.01. The van der Waals surface area contributed by atoms with E-state index in [0.29, 0.717) is 19.0 Å². The predicted molar refractivity (Wildman–Crippen MR) is 106 cm³/mol. The number of likely N-dealkylation sites (tertiary alicyclic amines) is 1. The number of ether oxygens (including phenoxy) is 3. The minimum absolute atomic E-state index is 0.0242. The first kappa shape index (κ1) is 18.5. The number of nitrogens with zero attached hydrogens (tertiary/aromatic N) is 3. The largest absolute Gasteiger partial charge is 0.486 e. The van der Waals surface area contributed by atoms with Gasteiger partial charge in [0.25, 0.3) is 0 Å².